The number of benzene rings is 1. The van der Waals surface area contributed by atoms with Crippen molar-refractivity contribution in [1.29, 1.82) is 0 Å². The Kier molecular flexibility index (Phi) is 7.80. The maximum Gasteiger partial charge on any atom is 0.417 e. The molecule has 5 aliphatic carbocycles. The van der Waals surface area contributed by atoms with Crippen molar-refractivity contribution in [2.75, 3.05) is 11.4 Å². The predicted octanol–water partition coefficient (Wildman–Crippen LogP) is 8.21. The summed E-state index contributed by atoms with van der Waals surface area (Å²) in [5.41, 5.74) is -1.24. The number of fused-ring (bicyclic) bond motifs is 3. The first-order chi connectivity index (χ1) is 22.2. The molecule has 0 atom stereocenters. The van der Waals surface area contributed by atoms with E-state index in [9.17, 15) is 31.9 Å². The molecule has 2 heterocycles. The van der Waals surface area contributed by atoms with Gasteiger partial charge in [-0.05, 0) is 101 Å². The molecule has 0 aliphatic heterocycles. The molecule has 13 heteroatoms. The van der Waals surface area contributed by atoms with Crippen molar-refractivity contribution < 1.29 is 40.9 Å². The second kappa shape index (κ2) is 11.4. The highest BCUT2D eigenvalue weighted by atomic mass is 19.4. The number of nitrogens with zero attached hydrogens (tertiary/aromatic N) is 4. The monoisotopic (exact) mass is 662 g/mol. The third kappa shape index (κ3) is 6.20. The van der Waals surface area contributed by atoms with Crippen LogP contribution in [0.2, 0.25) is 0 Å². The van der Waals surface area contributed by atoms with Crippen molar-refractivity contribution in [3.05, 3.63) is 47.8 Å². The third-order valence-corrected chi connectivity index (χ3v) is 11.4. The topological polar surface area (TPSA) is 105 Å². The number of halogens is 5. The van der Waals surface area contributed by atoms with Crippen LogP contribution < -0.4 is 4.90 Å². The fourth-order valence-corrected chi connectivity index (χ4v) is 7.93. The van der Waals surface area contributed by atoms with Crippen LogP contribution in [0.25, 0.3) is 11.3 Å². The van der Waals surface area contributed by atoms with Crippen molar-refractivity contribution >= 4 is 11.6 Å². The zero-order chi connectivity index (χ0) is 33.2. The average molecular weight is 663 g/mol. The lowest BCUT2D eigenvalue weighted by molar-refractivity contribution is -0.271. The molecule has 8 nitrogen and oxygen atoms in total. The summed E-state index contributed by atoms with van der Waals surface area (Å²) in [5, 5.41) is 18.4. The summed E-state index contributed by atoms with van der Waals surface area (Å²) >= 11 is 0. The molecule has 2 aromatic heterocycles. The lowest BCUT2D eigenvalue weighted by atomic mass is 9.53. The van der Waals surface area contributed by atoms with Crippen LogP contribution in [0.5, 0.6) is 0 Å². The molecular weight excluding hydrogens is 623 g/mol. The smallest absolute Gasteiger partial charge is 0.380 e. The fraction of sp³-hybridized carbons (Fsp3) is 0.647. The third-order valence-electron chi connectivity index (χ3n) is 11.4. The van der Waals surface area contributed by atoms with Crippen LogP contribution in [-0.4, -0.2) is 44.6 Å². The largest absolute Gasteiger partial charge is 0.417 e. The summed E-state index contributed by atoms with van der Waals surface area (Å²) in [4.78, 5) is 20.0. The fourth-order valence-electron chi connectivity index (χ4n) is 7.93. The summed E-state index contributed by atoms with van der Waals surface area (Å²) in [6.07, 6.45) is 1.10. The van der Waals surface area contributed by atoms with Crippen LogP contribution in [0, 0.1) is 11.3 Å². The maximum absolute atomic E-state index is 14.1. The van der Waals surface area contributed by atoms with E-state index in [2.05, 4.69) is 15.3 Å². The lowest BCUT2D eigenvalue weighted by Crippen LogP contribution is -2.51. The van der Waals surface area contributed by atoms with Crippen molar-refractivity contribution in [1.82, 2.24) is 15.3 Å². The van der Waals surface area contributed by atoms with Crippen molar-refractivity contribution in [2.45, 2.75) is 119 Å². The number of aliphatic hydroxyl groups is 1. The first kappa shape index (κ1) is 32.2. The molecule has 2 bridgehead atoms. The normalized spacial score (nSPS) is 29.6. The van der Waals surface area contributed by atoms with Gasteiger partial charge in [-0.25, -0.2) is 0 Å². The standard InChI is InChI=1S/C34H39F5N4O4/c1-30(35,36)29-40-28(42-47-29)32-14-11-31(12-15-32,13-16-32)20-43(27(44)17-21-7-9-33(45,10-8-21)34(37,38)39)24-4-2-3-23(18-24)25-19-26(46-41-25)22-5-6-22/h2-4,18-19,21-22,45H,5-17,20H2,1H3. The minimum atomic E-state index is -4.70. The molecule has 1 aromatic carbocycles. The number of amides is 1. The van der Waals surface area contributed by atoms with E-state index in [4.69, 9.17) is 9.05 Å². The van der Waals surface area contributed by atoms with Crippen LogP contribution in [0.15, 0.2) is 39.4 Å². The number of hydrogen-bond acceptors (Lipinski definition) is 7. The Hall–Kier alpha value is -3.35. The van der Waals surface area contributed by atoms with E-state index in [1.807, 2.05) is 30.3 Å². The van der Waals surface area contributed by atoms with Gasteiger partial charge in [0.25, 0.3) is 5.89 Å². The van der Waals surface area contributed by atoms with E-state index in [-0.39, 0.29) is 36.5 Å². The quantitative estimate of drug-likeness (QED) is 0.230. The lowest BCUT2D eigenvalue weighted by Gasteiger charge is -2.53. The van der Waals surface area contributed by atoms with Crippen LogP contribution in [-0.2, 0) is 16.1 Å². The minimum absolute atomic E-state index is 0.0742. The molecule has 0 spiro atoms. The molecule has 5 saturated carbocycles. The Morgan fingerprint density at radius 3 is 2.21 bits per heavy atom. The Labute approximate surface area is 269 Å². The number of aromatic nitrogens is 3. The molecule has 0 saturated heterocycles. The Morgan fingerprint density at radius 1 is 0.936 bits per heavy atom. The second-order valence-corrected chi connectivity index (χ2v) is 14.7. The Bertz CT molecular complexity index is 1590. The van der Waals surface area contributed by atoms with Gasteiger partial charge in [0.1, 0.15) is 11.5 Å². The van der Waals surface area contributed by atoms with Gasteiger partial charge in [0.15, 0.2) is 11.4 Å². The Balaban J connectivity index is 1.11. The van der Waals surface area contributed by atoms with Gasteiger partial charge < -0.3 is 19.1 Å². The zero-order valence-electron chi connectivity index (χ0n) is 26.3. The van der Waals surface area contributed by atoms with Crippen LogP contribution in [0.4, 0.5) is 27.6 Å². The van der Waals surface area contributed by atoms with E-state index in [1.165, 1.54) is 0 Å². The molecule has 5 aliphatic rings. The highest BCUT2D eigenvalue weighted by Crippen LogP contribution is 2.58. The minimum Gasteiger partial charge on any atom is -0.380 e. The first-order valence-electron chi connectivity index (χ1n) is 16.6. The second-order valence-electron chi connectivity index (χ2n) is 14.7. The first-order valence-corrected chi connectivity index (χ1v) is 16.6. The van der Waals surface area contributed by atoms with Gasteiger partial charge in [-0.3, -0.25) is 4.79 Å². The number of anilines is 1. The van der Waals surface area contributed by atoms with E-state index in [1.54, 1.807) is 4.90 Å². The number of carbonyl (C=O) groups excluding carboxylic acids is 1. The molecule has 47 heavy (non-hydrogen) atoms. The molecule has 0 unspecified atom stereocenters. The molecule has 8 rings (SSSR count). The van der Waals surface area contributed by atoms with Crippen molar-refractivity contribution in [3.63, 3.8) is 0 Å². The van der Waals surface area contributed by atoms with Gasteiger partial charge in [-0.2, -0.15) is 26.9 Å². The SMILES string of the molecule is CC(F)(F)c1nc(C23CCC(CN(C(=O)CC4CCC(O)(C(F)(F)F)CC4)c4cccc(-c5cc(C6CC6)on5)c4)(CC2)CC3)no1. The van der Waals surface area contributed by atoms with Gasteiger partial charge >= 0.3 is 12.1 Å². The Morgan fingerprint density at radius 2 is 1.62 bits per heavy atom. The molecule has 1 amide bonds. The van der Waals surface area contributed by atoms with Crippen molar-refractivity contribution in [2.24, 2.45) is 11.3 Å². The molecule has 3 aromatic rings. The van der Waals surface area contributed by atoms with E-state index in [0.717, 1.165) is 50.4 Å². The molecule has 254 valence electrons. The number of rotatable bonds is 9. The molecule has 1 N–H and O–H groups in total. The summed E-state index contributed by atoms with van der Waals surface area (Å²) in [5.74, 6) is -2.81. The van der Waals surface area contributed by atoms with Gasteiger partial charge in [-0.1, -0.05) is 22.4 Å². The van der Waals surface area contributed by atoms with Crippen LogP contribution >= 0.6 is 0 Å². The summed E-state index contributed by atoms with van der Waals surface area (Å²) in [7, 11) is 0. The van der Waals surface area contributed by atoms with Gasteiger partial charge in [0.2, 0.25) is 5.91 Å². The summed E-state index contributed by atoms with van der Waals surface area (Å²) in [6, 6.07) is 9.49. The highest BCUT2D eigenvalue weighted by Gasteiger charge is 2.55. The maximum atomic E-state index is 14.1. The number of alkyl halides is 5. The average Bonchev–Trinajstić information content (AvgIpc) is 3.53. The summed E-state index contributed by atoms with van der Waals surface area (Å²) < 4.78 is 78.5. The van der Waals surface area contributed by atoms with E-state index < -0.39 is 41.8 Å². The summed E-state index contributed by atoms with van der Waals surface area (Å²) in [6.45, 7) is 1.15. The van der Waals surface area contributed by atoms with E-state index in [0.29, 0.717) is 48.9 Å². The highest BCUT2D eigenvalue weighted by molar-refractivity contribution is 5.94. The van der Waals surface area contributed by atoms with Gasteiger partial charge in [0, 0.05) is 48.5 Å². The zero-order valence-corrected chi connectivity index (χ0v) is 26.3. The van der Waals surface area contributed by atoms with Crippen LogP contribution in [0.1, 0.15) is 114 Å². The van der Waals surface area contributed by atoms with Crippen molar-refractivity contribution in [3.8, 4) is 11.3 Å². The molecule has 5 fully saturated rings. The molecule has 0 radical (unpaired) electrons. The number of hydrogen-bond donors (Lipinski definition) is 1. The molecular formula is C34H39F5N4O4. The predicted molar refractivity (Wildman–Crippen MR) is 160 cm³/mol. The van der Waals surface area contributed by atoms with E-state index >= 15 is 0 Å². The van der Waals surface area contributed by atoms with Gasteiger partial charge in [0.05, 0.1) is 0 Å². The number of carbonyl (C=O) groups is 1. The van der Waals surface area contributed by atoms with Crippen LogP contribution in [0.3, 0.4) is 0 Å². The van der Waals surface area contributed by atoms with Gasteiger partial charge in [-0.15, -0.1) is 0 Å².